The number of rotatable bonds is 4. The molecule has 84 valence electrons. The Labute approximate surface area is 108 Å². The van der Waals surface area contributed by atoms with E-state index in [1.807, 2.05) is 24.3 Å². The Morgan fingerprint density at radius 1 is 1.25 bits per heavy atom. The number of alkyl halides is 1. The van der Waals surface area contributed by atoms with Crippen molar-refractivity contribution in [3.63, 3.8) is 0 Å². The van der Waals surface area contributed by atoms with E-state index in [1.165, 1.54) is 0 Å². The van der Waals surface area contributed by atoms with E-state index in [0.717, 1.165) is 34.5 Å². The van der Waals surface area contributed by atoms with Gasteiger partial charge in [-0.2, -0.15) is 0 Å². The number of aromatic nitrogens is 1. The molecule has 0 bridgehead atoms. The van der Waals surface area contributed by atoms with Crippen molar-refractivity contribution in [2.24, 2.45) is 0 Å². The Morgan fingerprint density at radius 3 is 2.69 bits per heavy atom. The summed E-state index contributed by atoms with van der Waals surface area (Å²) in [6.45, 7) is 0. The van der Waals surface area contributed by atoms with Crippen molar-refractivity contribution in [2.75, 3.05) is 5.88 Å². The maximum atomic E-state index is 5.63. The van der Waals surface area contributed by atoms with E-state index in [-0.39, 0.29) is 0 Å². The van der Waals surface area contributed by atoms with Crippen LogP contribution in [0.5, 0.6) is 0 Å². The highest BCUT2D eigenvalue weighted by molar-refractivity contribution is 9.10. The van der Waals surface area contributed by atoms with Gasteiger partial charge in [0, 0.05) is 22.3 Å². The number of nitrogens with zero attached hydrogens (tertiary/aromatic N) is 1. The summed E-state index contributed by atoms with van der Waals surface area (Å²) in [6.07, 6.45) is 3.44. The van der Waals surface area contributed by atoms with Crippen LogP contribution in [0.4, 0.5) is 0 Å². The molecule has 1 heterocycles. The first-order valence-electron chi connectivity index (χ1n) is 5.06. The third-order valence-electron chi connectivity index (χ3n) is 2.21. The summed E-state index contributed by atoms with van der Waals surface area (Å²) in [7, 11) is 0. The SMILES string of the molecule is ClCCCc1ncc(-c2ccc(Br)cc2)o1. The monoisotopic (exact) mass is 299 g/mol. The summed E-state index contributed by atoms with van der Waals surface area (Å²) in [5.74, 6) is 2.19. The van der Waals surface area contributed by atoms with Crippen LogP contribution < -0.4 is 0 Å². The molecule has 2 rings (SSSR count). The van der Waals surface area contributed by atoms with E-state index in [0.29, 0.717) is 5.88 Å². The van der Waals surface area contributed by atoms with Crippen LogP contribution >= 0.6 is 27.5 Å². The highest BCUT2D eigenvalue weighted by atomic mass is 79.9. The molecule has 0 radical (unpaired) electrons. The third kappa shape index (κ3) is 2.86. The second-order valence-electron chi connectivity index (χ2n) is 3.42. The number of aryl methyl sites for hydroxylation is 1. The van der Waals surface area contributed by atoms with E-state index in [9.17, 15) is 0 Å². The van der Waals surface area contributed by atoms with Crippen molar-refractivity contribution in [3.05, 3.63) is 40.8 Å². The Morgan fingerprint density at radius 2 is 2.00 bits per heavy atom. The molecule has 0 spiro atoms. The first-order valence-corrected chi connectivity index (χ1v) is 6.39. The van der Waals surface area contributed by atoms with Crippen molar-refractivity contribution in [1.82, 2.24) is 4.98 Å². The van der Waals surface area contributed by atoms with Crippen LogP contribution in [0, 0.1) is 0 Å². The van der Waals surface area contributed by atoms with Crippen molar-refractivity contribution >= 4 is 27.5 Å². The van der Waals surface area contributed by atoms with Crippen LogP contribution in [0.15, 0.2) is 39.4 Å². The number of benzene rings is 1. The van der Waals surface area contributed by atoms with Gasteiger partial charge in [0.25, 0.3) is 0 Å². The quantitative estimate of drug-likeness (QED) is 0.788. The molecule has 0 aliphatic heterocycles. The molecule has 0 saturated heterocycles. The van der Waals surface area contributed by atoms with Gasteiger partial charge in [-0.15, -0.1) is 11.6 Å². The lowest BCUT2D eigenvalue weighted by Gasteiger charge is -1.96. The summed E-state index contributed by atoms with van der Waals surface area (Å²) in [5, 5.41) is 0. The molecule has 0 saturated carbocycles. The topological polar surface area (TPSA) is 26.0 Å². The molecule has 4 heteroatoms. The van der Waals surface area contributed by atoms with E-state index < -0.39 is 0 Å². The van der Waals surface area contributed by atoms with Crippen molar-refractivity contribution in [1.29, 1.82) is 0 Å². The summed E-state index contributed by atoms with van der Waals surface area (Å²) in [6, 6.07) is 7.96. The lowest BCUT2D eigenvalue weighted by atomic mass is 10.2. The van der Waals surface area contributed by atoms with E-state index >= 15 is 0 Å². The minimum absolute atomic E-state index is 0.635. The van der Waals surface area contributed by atoms with Crippen molar-refractivity contribution in [3.8, 4) is 11.3 Å². The zero-order chi connectivity index (χ0) is 11.4. The van der Waals surface area contributed by atoms with Gasteiger partial charge in [0.1, 0.15) is 0 Å². The minimum atomic E-state index is 0.635. The molecule has 1 aromatic heterocycles. The van der Waals surface area contributed by atoms with Gasteiger partial charge in [0.05, 0.1) is 6.20 Å². The van der Waals surface area contributed by atoms with Gasteiger partial charge in [-0.05, 0) is 18.6 Å². The highest BCUT2D eigenvalue weighted by Crippen LogP contribution is 2.22. The predicted octanol–water partition coefficient (Wildman–Crippen LogP) is 4.28. The minimum Gasteiger partial charge on any atom is -0.441 e. The molecule has 0 amide bonds. The maximum absolute atomic E-state index is 5.63. The summed E-state index contributed by atoms with van der Waals surface area (Å²) in [5.41, 5.74) is 1.04. The Bertz CT molecular complexity index is 452. The Balaban J connectivity index is 2.15. The fourth-order valence-electron chi connectivity index (χ4n) is 1.39. The zero-order valence-corrected chi connectivity index (χ0v) is 11.0. The molecule has 2 aromatic rings. The lowest BCUT2D eigenvalue weighted by Crippen LogP contribution is -1.84. The molecule has 0 atom stereocenters. The second-order valence-corrected chi connectivity index (χ2v) is 4.71. The largest absolute Gasteiger partial charge is 0.441 e. The number of hydrogen-bond donors (Lipinski definition) is 0. The molecule has 2 nitrogen and oxygen atoms in total. The summed E-state index contributed by atoms with van der Waals surface area (Å²) in [4.78, 5) is 4.22. The highest BCUT2D eigenvalue weighted by Gasteiger charge is 2.05. The summed E-state index contributed by atoms with van der Waals surface area (Å²) < 4.78 is 6.68. The van der Waals surface area contributed by atoms with E-state index in [2.05, 4.69) is 20.9 Å². The van der Waals surface area contributed by atoms with Crippen molar-refractivity contribution < 1.29 is 4.42 Å². The van der Waals surface area contributed by atoms with Gasteiger partial charge in [0.15, 0.2) is 11.7 Å². The molecule has 0 N–H and O–H groups in total. The fraction of sp³-hybridized carbons (Fsp3) is 0.250. The van der Waals surface area contributed by atoms with Crippen LogP contribution in [0.2, 0.25) is 0 Å². The van der Waals surface area contributed by atoms with E-state index in [4.69, 9.17) is 16.0 Å². The summed E-state index contributed by atoms with van der Waals surface area (Å²) >= 11 is 9.01. The van der Waals surface area contributed by atoms with Gasteiger partial charge in [-0.3, -0.25) is 0 Å². The smallest absolute Gasteiger partial charge is 0.194 e. The average molecular weight is 301 g/mol. The number of oxazole rings is 1. The maximum Gasteiger partial charge on any atom is 0.194 e. The zero-order valence-electron chi connectivity index (χ0n) is 8.62. The molecular weight excluding hydrogens is 289 g/mol. The van der Waals surface area contributed by atoms with Crippen LogP contribution in [-0.4, -0.2) is 10.9 Å². The lowest BCUT2D eigenvalue weighted by molar-refractivity contribution is 0.503. The van der Waals surface area contributed by atoms with Gasteiger partial charge < -0.3 is 4.42 Å². The molecule has 1 aromatic carbocycles. The van der Waals surface area contributed by atoms with E-state index in [1.54, 1.807) is 6.20 Å². The Kier molecular flexibility index (Phi) is 4.02. The number of hydrogen-bond acceptors (Lipinski definition) is 2. The standard InChI is InChI=1S/C12H11BrClNO/c13-10-5-3-9(4-6-10)11-8-15-12(16-11)2-1-7-14/h3-6,8H,1-2,7H2. The van der Waals surface area contributed by atoms with Crippen LogP contribution in [0.25, 0.3) is 11.3 Å². The molecule has 16 heavy (non-hydrogen) atoms. The molecule has 0 fully saturated rings. The first-order chi connectivity index (χ1) is 7.79. The number of halogens is 2. The normalized spacial score (nSPS) is 10.6. The van der Waals surface area contributed by atoms with Gasteiger partial charge >= 0.3 is 0 Å². The molecule has 0 aliphatic rings. The van der Waals surface area contributed by atoms with Gasteiger partial charge in [0.2, 0.25) is 0 Å². The van der Waals surface area contributed by atoms with Crippen LogP contribution in [-0.2, 0) is 6.42 Å². The van der Waals surface area contributed by atoms with Gasteiger partial charge in [-0.25, -0.2) is 4.98 Å². The average Bonchev–Trinajstić information content (AvgIpc) is 2.76. The molecule has 0 unspecified atom stereocenters. The molecule has 0 aliphatic carbocycles. The predicted molar refractivity (Wildman–Crippen MR) is 68.7 cm³/mol. The van der Waals surface area contributed by atoms with Crippen LogP contribution in [0.3, 0.4) is 0 Å². The molecular formula is C12H11BrClNO. The fourth-order valence-corrected chi connectivity index (χ4v) is 1.79. The first kappa shape index (κ1) is 11.7. The third-order valence-corrected chi connectivity index (χ3v) is 3.00. The van der Waals surface area contributed by atoms with Crippen molar-refractivity contribution in [2.45, 2.75) is 12.8 Å². The Hall–Kier alpha value is -0.800. The second kappa shape index (κ2) is 5.51. The van der Waals surface area contributed by atoms with Gasteiger partial charge in [-0.1, -0.05) is 28.1 Å². The van der Waals surface area contributed by atoms with Crippen LogP contribution in [0.1, 0.15) is 12.3 Å².